The third-order valence-corrected chi connectivity index (χ3v) is 5.03. The van der Waals surface area contributed by atoms with Crippen LogP contribution in [0.2, 0.25) is 0 Å². The van der Waals surface area contributed by atoms with Crippen molar-refractivity contribution < 1.29 is 13.2 Å². The molecule has 108 valence electrons. The molecule has 6 heteroatoms. The van der Waals surface area contributed by atoms with Gasteiger partial charge >= 0.3 is 0 Å². The minimum Gasteiger partial charge on any atom is -0.373 e. The summed E-state index contributed by atoms with van der Waals surface area (Å²) in [5, 5.41) is 9.03. The lowest BCUT2D eigenvalue weighted by atomic mass is 10.1. The highest BCUT2D eigenvalue weighted by atomic mass is 32.2. The van der Waals surface area contributed by atoms with Gasteiger partial charge in [-0.3, -0.25) is 0 Å². The lowest BCUT2D eigenvalue weighted by Crippen LogP contribution is -2.50. The Morgan fingerprint density at radius 2 is 2.10 bits per heavy atom. The summed E-state index contributed by atoms with van der Waals surface area (Å²) >= 11 is 0. The maximum absolute atomic E-state index is 12.5. The predicted molar refractivity (Wildman–Crippen MR) is 75.4 cm³/mol. The fourth-order valence-electron chi connectivity index (χ4n) is 2.25. The van der Waals surface area contributed by atoms with E-state index in [1.165, 1.54) is 4.31 Å². The number of rotatable bonds is 3. The van der Waals surface area contributed by atoms with Gasteiger partial charge in [-0.15, -0.1) is 0 Å². The zero-order valence-electron chi connectivity index (χ0n) is 11.7. The van der Waals surface area contributed by atoms with E-state index in [4.69, 9.17) is 10.00 Å². The van der Waals surface area contributed by atoms with E-state index in [1.807, 2.05) is 19.9 Å². The smallest absolute Gasteiger partial charge is 0.218 e. The highest BCUT2D eigenvalue weighted by Crippen LogP contribution is 2.22. The molecule has 1 aliphatic heterocycles. The Kier molecular flexibility index (Phi) is 4.14. The van der Waals surface area contributed by atoms with E-state index in [0.29, 0.717) is 30.8 Å². The van der Waals surface area contributed by atoms with Gasteiger partial charge in [-0.2, -0.15) is 9.57 Å². The Morgan fingerprint density at radius 1 is 1.40 bits per heavy atom. The first kappa shape index (κ1) is 15.0. The molecule has 20 heavy (non-hydrogen) atoms. The zero-order chi connectivity index (χ0) is 14.8. The van der Waals surface area contributed by atoms with Crippen LogP contribution in [-0.2, 0) is 20.5 Å². The first-order chi connectivity index (χ1) is 9.34. The van der Waals surface area contributed by atoms with Gasteiger partial charge < -0.3 is 4.74 Å². The summed E-state index contributed by atoms with van der Waals surface area (Å²) in [6.07, 6.45) is 0. The summed E-state index contributed by atoms with van der Waals surface area (Å²) in [6.45, 7) is 4.84. The van der Waals surface area contributed by atoms with Crippen molar-refractivity contribution in [1.82, 2.24) is 4.31 Å². The van der Waals surface area contributed by atoms with Crippen molar-refractivity contribution in [2.45, 2.75) is 25.2 Å². The van der Waals surface area contributed by atoms with Crippen molar-refractivity contribution in [2.24, 2.45) is 0 Å². The summed E-state index contributed by atoms with van der Waals surface area (Å²) < 4.78 is 31.9. The van der Waals surface area contributed by atoms with E-state index >= 15 is 0 Å². The highest BCUT2D eigenvalue weighted by Gasteiger charge is 2.34. The SMILES string of the molecule is CC1(C)CN(S(=O)(=O)Cc2ccccc2C#N)CCO1. The third-order valence-electron chi connectivity index (χ3n) is 3.26. The van der Waals surface area contributed by atoms with Gasteiger partial charge in [0.25, 0.3) is 0 Å². The Balaban J connectivity index is 2.21. The number of nitriles is 1. The molecule has 0 radical (unpaired) electrons. The molecule has 0 aliphatic carbocycles. The number of sulfonamides is 1. The largest absolute Gasteiger partial charge is 0.373 e. The summed E-state index contributed by atoms with van der Waals surface area (Å²) in [5.74, 6) is -0.146. The van der Waals surface area contributed by atoms with E-state index in [2.05, 4.69) is 0 Å². The van der Waals surface area contributed by atoms with E-state index in [9.17, 15) is 8.42 Å². The summed E-state index contributed by atoms with van der Waals surface area (Å²) in [5.41, 5.74) is 0.475. The van der Waals surface area contributed by atoms with Crippen LogP contribution in [0, 0.1) is 11.3 Å². The fourth-order valence-corrected chi connectivity index (χ4v) is 3.94. The van der Waals surface area contributed by atoms with E-state index < -0.39 is 15.6 Å². The molecule has 1 aromatic rings. The van der Waals surface area contributed by atoms with Crippen LogP contribution in [0.1, 0.15) is 25.0 Å². The molecule has 0 amide bonds. The third kappa shape index (κ3) is 3.37. The Bertz CT molecular complexity index is 632. The van der Waals surface area contributed by atoms with Crippen LogP contribution in [0.5, 0.6) is 0 Å². The fraction of sp³-hybridized carbons (Fsp3) is 0.500. The molecule has 1 heterocycles. The molecule has 1 aliphatic rings. The normalized spacial score (nSPS) is 19.4. The van der Waals surface area contributed by atoms with Gasteiger partial charge in [-0.05, 0) is 25.5 Å². The van der Waals surface area contributed by atoms with Crippen molar-refractivity contribution in [1.29, 1.82) is 5.26 Å². The van der Waals surface area contributed by atoms with E-state index in [1.54, 1.807) is 24.3 Å². The number of morpholine rings is 1. The summed E-state index contributed by atoms with van der Waals surface area (Å²) in [4.78, 5) is 0. The molecule has 0 spiro atoms. The number of benzene rings is 1. The number of hydrogen-bond acceptors (Lipinski definition) is 4. The Hall–Kier alpha value is -1.42. The van der Waals surface area contributed by atoms with Crippen LogP contribution in [0.4, 0.5) is 0 Å². The molecule has 0 atom stereocenters. The van der Waals surface area contributed by atoms with Crippen molar-refractivity contribution in [3.8, 4) is 6.07 Å². The van der Waals surface area contributed by atoms with Crippen molar-refractivity contribution in [3.63, 3.8) is 0 Å². The molecule has 1 aromatic carbocycles. The van der Waals surface area contributed by atoms with Gasteiger partial charge in [0.05, 0.1) is 29.6 Å². The Labute approximate surface area is 119 Å². The first-order valence-corrected chi connectivity index (χ1v) is 8.05. The first-order valence-electron chi connectivity index (χ1n) is 6.44. The number of hydrogen-bond donors (Lipinski definition) is 0. The van der Waals surface area contributed by atoms with Gasteiger partial charge in [0.2, 0.25) is 10.0 Å². The zero-order valence-corrected chi connectivity index (χ0v) is 12.5. The molecule has 0 N–H and O–H groups in total. The molecule has 2 rings (SSSR count). The van der Waals surface area contributed by atoms with Crippen LogP contribution < -0.4 is 0 Å². The van der Waals surface area contributed by atoms with Crippen molar-refractivity contribution >= 4 is 10.0 Å². The second kappa shape index (κ2) is 5.52. The topological polar surface area (TPSA) is 70.4 Å². The lowest BCUT2D eigenvalue weighted by Gasteiger charge is -2.37. The van der Waals surface area contributed by atoms with Crippen LogP contribution >= 0.6 is 0 Å². The molecule has 1 fully saturated rings. The maximum Gasteiger partial charge on any atom is 0.218 e. The predicted octanol–water partition coefficient (Wildman–Crippen LogP) is 1.50. The highest BCUT2D eigenvalue weighted by molar-refractivity contribution is 7.88. The van der Waals surface area contributed by atoms with Crippen molar-refractivity contribution in [3.05, 3.63) is 35.4 Å². The molecule has 0 bridgehead atoms. The van der Waals surface area contributed by atoms with Gasteiger partial charge in [0.15, 0.2) is 0 Å². The molecule has 0 aromatic heterocycles. The van der Waals surface area contributed by atoms with Crippen molar-refractivity contribution in [2.75, 3.05) is 19.7 Å². The second-order valence-electron chi connectivity index (χ2n) is 5.47. The summed E-state index contributed by atoms with van der Waals surface area (Å²) in [6, 6.07) is 8.82. The number of nitrogens with zero attached hydrogens (tertiary/aromatic N) is 2. The minimum absolute atomic E-state index is 0.146. The second-order valence-corrected chi connectivity index (χ2v) is 7.44. The van der Waals surface area contributed by atoms with Crippen LogP contribution in [0.15, 0.2) is 24.3 Å². The molecule has 0 saturated carbocycles. The van der Waals surface area contributed by atoms with E-state index in [-0.39, 0.29) is 5.75 Å². The monoisotopic (exact) mass is 294 g/mol. The standard InChI is InChI=1S/C14H18N2O3S/c1-14(2)11-16(7-8-19-14)20(17,18)10-13-6-4-3-5-12(13)9-15/h3-6H,7-8,10-11H2,1-2H3. The van der Waals surface area contributed by atoms with Gasteiger partial charge in [0, 0.05) is 13.1 Å². The van der Waals surface area contributed by atoms with Crippen LogP contribution in [0.3, 0.4) is 0 Å². The maximum atomic E-state index is 12.5. The molecule has 5 nitrogen and oxygen atoms in total. The number of ether oxygens (including phenoxy) is 1. The Morgan fingerprint density at radius 3 is 2.75 bits per heavy atom. The van der Waals surface area contributed by atoms with Gasteiger partial charge in [-0.1, -0.05) is 18.2 Å². The lowest BCUT2D eigenvalue weighted by molar-refractivity contribution is -0.0640. The van der Waals surface area contributed by atoms with Crippen LogP contribution in [-0.4, -0.2) is 38.0 Å². The molecule has 1 saturated heterocycles. The quantitative estimate of drug-likeness (QED) is 0.847. The molecular formula is C14H18N2O3S. The van der Waals surface area contributed by atoms with Gasteiger partial charge in [0.1, 0.15) is 0 Å². The summed E-state index contributed by atoms with van der Waals surface area (Å²) in [7, 11) is -3.44. The molecule has 0 unspecified atom stereocenters. The minimum atomic E-state index is -3.44. The average Bonchev–Trinajstić information content (AvgIpc) is 2.38. The van der Waals surface area contributed by atoms with Crippen LogP contribution in [0.25, 0.3) is 0 Å². The molecular weight excluding hydrogens is 276 g/mol. The van der Waals surface area contributed by atoms with E-state index in [0.717, 1.165) is 0 Å². The van der Waals surface area contributed by atoms with Gasteiger partial charge in [-0.25, -0.2) is 8.42 Å². The average molecular weight is 294 g/mol.